The van der Waals surface area contributed by atoms with Crippen molar-refractivity contribution < 1.29 is 32.3 Å². The number of rotatable bonds is 3. The molecule has 0 unspecified atom stereocenters. The smallest absolute Gasteiger partial charge is 0.416 e. The Hall–Kier alpha value is -3.36. The molecule has 9 heteroatoms. The van der Waals surface area contributed by atoms with Crippen molar-refractivity contribution in [2.24, 2.45) is 0 Å². The number of para-hydroxylation sites is 2. The Balaban J connectivity index is 1.75. The lowest BCUT2D eigenvalue weighted by Crippen LogP contribution is -2.41. The fourth-order valence-electron chi connectivity index (χ4n) is 3.07. The first-order chi connectivity index (χ1) is 13.7. The normalized spacial score (nSPS) is 16.5. The summed E-state index contributed by atoms with van der Waals surface area (Å²) in [6.07, 6.45) is -4.56. The summed E-state index contributed by atoms with van der Waals surface area (Å²) >= 11 is 0. The van der Waals surface area contributed by atoms with Gasteiger partial charge in [-0.25, -0.2) is 4.79 Å². The number of carbonyl (C=O) groups is 3. The molecule has 1 aliphatic rings. The summed E-state index contributed by atoms with van der Waals surface area (Å²) in [6, 6.07) is 9.94. The molecule has 2 aromatic rings. The molecule has 1 heterocycles. The summed E-state index contributed by atoms with van der Waals surface area (Å²) in [5, 5.41) is 2.70. The Bertz CT molecular complexity index is 959. The van der Waals surface area contributed by atoms with Crippen molar-refractivity contribution >= 4 is 29.2 Å². The van der Waals surface area contributed by atoms with Crippen LogP contribution in [0.1, 0.15) is 29.3 Å². The SMILES string of the molecule is C[C@H]1CC(=O)Nc2ccccc2N1C(=O)COC(=O)c1cccc(C(F)(F)F)c1. The van der Waals surface area contributed by atoms with Crippen LogP contribution in [-0.4, -0.2) is 30.4 Å². The minimum Gasteiger partial charge on any atom is -0.452 e. The zero-order chi connectivity index (χ0) is 21.2. The van der Waals surface area contributed by atoms with E-state index in [1.165, 1.54) is 11.0 Å². The van der Waals surface area contributed by atoms with Gasteiger partial charge in [0.15, 0.2) is 6.61 Å². The highest BCUT2D eigenvalue weighted by Crippen LogP contribution is 2.32. The Kier molecular flexibility index (Phi) is 5.58. The first-order valence-corrected chi connectivity index (χ1v) is 8.72. The highest BCUT2D eigenvalue weighted by Gasteiger charge is 2.32. The molecule has 0 aromatic heterocycles. The molecule has 0 saturated carbocycles. The summed E-state index contributed by atoms with van der Waals surface area (Å²) in [4.78, 5) is 38.2. The molecular weight excluding hydrogens is 389 g/mol. The van der Waals surface area contributed by atoms with Crippen molar-refractivity contribution in [3.63, 3.8) is 0 Å². The number of anilines is 2. The highest BCUT2D eigenvalue weighted by atomic mass is 19.4. The number of amides is 2. The molecule has 1 aliphatic heterocycles. The van der Waals surface area contributed by atoms with Gasteiger partial charge in [-0.1, -0.05) is 18.2 Å². The van der Waals surface area contributed by atoms with E-state index in [0.29, 0.717) is 17.4 Å². The van der Waals surface area contributed by atoms with Gasteiger partial charge in [-0.15, -0.1) is 0 Å². The topological polar surface area (TPSA) is 75.7 Å². The molecule has 1 N–H and O–H groups in total. The van der Waals surface area contributed by atoms with E-state index in [4.69, 9.17) is 4.74 Å². The van der Waals surface area contributed by atoms with Crippen molar-refractivity contribution in [3.8, 4) is 0 Å². The Labute approximate surface area is 164 Å². The second kappa shape index (κ2) is 7.94. The molecule has 0 spiro atoms. The van der Waals surface area contributed by atoms with Gasteiger partial charge in [0, 0.05) is 12.5 Å². The van der Waals surface area contributed by atoms with Crippen LogP contribution in [0.4, 0.5) is 24.5 Å². The third kappa shape index (κ3) is 4.56. The van der Waals surface area contributed by atoms with Gasteiger partial charge in [-0.2, -0.15) is 13.2 Å². The van der Waals surface area contributed by atoms with Gasteiger partial charge in [-0.05, 0) is 37.3 Å². The number of nitrogens with one attached hydrogen (secondary N) is 1. The molecule has 0 aliphatic carbocycles. The summed E-state index contributed by atoms with van der Waals surface area (Å²) in [5.74, 6) is -1.91. The van der Waals surface area contributed by atoms with Crippen molar-refractivity contribution in [1.29, 1.82) is 0 Å². The lowest BCUT2D eigenvalue weighted by Gasteiger charge is -2.27. The maximum absolute atomic E-state index is 12.8. The van der Waals surface area contributed by atoms with Crippen LogP contribution < -0.4 is 10.2 Å². The average molecular weight is 406 g/mol. The summed E-state index contributed by atoms with van der Waals surface area (Å²) in [7, 11) is 0. The lowest BCUT2D eigenvalue weighted by atomic mass is 10.1. The highest BCUT2D eigenvalue weighted by molar-refractivity contribution is 6.05. The molecule has 2 aromatic carbocycles. The van der Waals surface area contributed by atoms with Gasteiger partial charge in [0.2, 0.25) is 5.91 Å². The van der Waals surface area contributed by atoms with Crippen molar-refractivity contribution in [2.75, 3.05) is 16.8 Å². The fourth-order valence-corrected chi connectivity index (χ4v) is 3.07. The number of nitrogens with zero attached hydrogens (tertiary/aromatic N) is 1. The van der Waals surface area contributed by atoms with E-state index < -0.39 is 36.3 Å². The van der Waals surface area contributed by atoms with Gasteiger partial charge in [-0.3, -0.25) is 9.59 Å². The lowest BCUT2D eigenvalue weighted by molar-refractivity contribution is -0.137. The van der Waals surface area contributed by atoms with E-state index in [1.54, 1.807) is 31.2 Å². The van der Waals surface area contributed by atoms with Gasteiger partial charge in [0.25, 0.3) is 5.91 Å². The van der Waals surface area contributed by atoms with Gasteiger partial charge in [0.05, 0.1) is 22.5 Å². The van der Waals surface area contributed by atoms with Crippen LogP contribution in [0.5, 0.6) is 0 Å². The minimum atomic E-state index is -4.60. The zero-order valence-corrected chi connectivity index (χ0v) is 15.3. The molecule has 2 amide bonds. The average Bonchev–Trinajstić information content (AvgIpc) is 2.79. The Morgan fingerprint density at radius 3 is 2.62 bits per heavy atom. The monoisotopic (exact) mass is 406 g/mol. The van der Waals surface area contributed by atoms with Crippen LogP contribution in [0.15, 0.2) is 48.5 Å². The Morgan fingerprint density at radius 1 is 1.17 bits per heavy atom. The van der Waals surface area contributed by atoms with E-state index in [2.05, 4.69) is 5.32 Å². The standard InChI is InChI=1S/C20H17F3N2O4/c1-12-9-17(26)24-15-7-2-3-8-16(15)25(12)18(27)11-29-19(28)13-5-4-6-14(10-13)20(21,22)23/h2-8,10,12H,9,11H2,1H3,(H,24,26)/t12-/m0/s1. The number of benzene rings is 2. The number of ether oxygens (including phenoxy) is 1. The number of alkyl halides is 3. The van der Waals surface area contributed by atoms with Gasteiger partial charge < -0.3 is 15.0 Å². The molecule has 0 bridgehead atoms. The molecule has 0 fully saturated rings. The van der Waals surface area contributed by atoms with Crippen LogP contribution in [0, 0.1) is 0 Å². The van der Waals surface area contributed by atoms with Crippen LogP contribution in [-0.2, 0) is 20.5 Å². The zero-order valence-electron chi connectivity index (χ0n) is 15.3. The summed E-state index contributed by atoms with van der Waals surface area (Å²) in [5.41, 5.74) is -0.405. The second-order valence-electron chi connectivity index (χ2n) is 6.54. The number of hydrogen-bond donors (Lipinski definition) is 1. The van der Waals surface area contributed by atoms with E-state index in [0.717, 1.165) is 12.1 Å². The minimum absolute atomic E-state index is 0.0436. The van der Waals surface area contributed by atoms with Crippen molar-refractivity contribution in [3.05, 3.63) is 59.7 Å². The van der Waals surface area contributed by atoms with Crippen LogP contribution >= 0.6 is 0 Å². The number of halogens is 3. The van der Waals surface area contributed by atoms with Crippen LogP contribution in [0.25, 0.3) is 0 Å². The third-order valence-electron chi connectivity index (χ3n) is 4.38. The molecule has 3 rings (SSSR count). The first kappa shape index (κ1) is 20.4. The number of fused-ring (bicyclic) bond motifs is 1. The van der Waals surface area contributed by atoms with Gasteiger partial charge >= 0.3 is 12.1 Å². The molecule has 0 saturated heterocycles. The van der Waals surface area contributed by atoms with Crippen molar-refractivity contribution in [1.82, 2.24) is 0 Å². The fraction of sp³-hybridized carbons (Fsp3) is 0.250. The molecule has 0 radical (unpaired) electrons. The molecule has 29 heavy (non-hydrogen) atoms. The van der Waals surface area contributed by atoms with Crippen LogP contribution in [0.3, 0.4) is 0 Å². The molecular formula is C20H17F3N2O4. The largest absolute Gasteiger partial charge is 0.452 e. The van der Waals surface area contributed by atoms with E-state index >= 15 is 0 Å². The summed E-state index contributed by atoms with van der Waals surface area (Å²) in [6.45, 7) is 0.996. The second-order valence-corrected chi connectivity index (χ2v) is 6.54. The van der Waals surface area contributed by atoms with Crippen molar-refractivity contribution in [2.45, 2.75) is 25.6 Å². The van der Waals surface area contributed by atoms with Crippen LogP contribution in [0.2, 0.25) is 0 Å². The first-order valence-electron chi connectivity index (χ1n) is 8.72. The Morgan fingerprint density at radius 2 is 1.90 bits per heavy atom. The molecule has 1 atom stereocenters. The third-order valence-corrected chi connectivity index (χ3v) is 4.38. The quantitative estimate of drug-likeness (QED) is 0.790. The van der Waals surface area contributed by atoms with E-state index in [9.17, 15) is 27.6 Å². The van der Waals surface area contributed by atoms with E-state index in [-0.39, 0.29) is 17.9 Å². The number of hydrogen-bond acceptors (Lipinski definition) is 4. The molecule has 6 nitrogen and oxygen atoms in total. The predicted molar refractivity (Wildman–Crippen MR) is 98.4 cm³/mol. The predicted octanol–water partition coefficient (Wildman–Crippen LogP) is 3.63. The number of carbonyl (C=O) groups excluding carboxylic acids is 3. The number of esters is 1. The maximum Gasteiger partial charge on any atom is 0.416 e. The van der Waals surface area contributed by atoms with Gasteiger partial charge in [0.1, 0.15) is 0 Å². The maximum atomic E-state index is 12.8. The molecule has 152 valence electrons. The van der Waals surface area contributed by atoms with E-state index in [1.807, 2.05) is 0 Å². The summed E-state index contributed by atoms with van der Waals surface area (Å²) < 4.78 is 43.3.